The van der Waals surface area contributed by atoms with Crippen LogP contribution in [0.15, 0.2) is 5.38 Å². The zero-order valence-electron chi connectivity index (χ0n) is 10.1. The Hall–Kier alpha value is -1.47. The lowest BCUT2D eigenvalue weighted by Gasteiger charge is -2.05. The van der Waals surface area contributed by atoms with Gasteiger partial charge in [-0.05, 0) is 25.4 Å². The summed E-state index contributed by atoms with van der Waals surface area (Å²) in [7, 11) is 0. The molecule has 0 amide bonds. The second-order valence-electron chi connectivity index (χ2n) is 3.49. The van der Waals surface area contributed by atoms with Crippen molar-refractivity contribution in [2.75, 3.05) is 17.2 Å². The van der Waals surface area contributed by atoms with E-state index in [1.165, 1.54) is 0 Å². The predicted molar refractivity (Wildman–Crippen MR) is 73.2 cm³/mol. The Labute approximate surface area is 114 Å². The highest BCUT2D eigenvalue weighted by atomic mass is 35.5. The van der Waals surface area contributed by atoms with Gasteiger partial charge in [-0.25, -0.2) is 4.98 Å². The summed E-state index contributed by atoms with van der Waals surface area (Å²) in [6, 6.07) is 0. The number of rotatable bonds is 5. The Morgan fingerprint density at radius 3 is 2.50 bits per heavy atom. The molecule has 0 unspecified atom stereocenters. The van der Waals surface area contributed by atoms with Gasteiger partial charge in [0.05, 0.1) is 17.2 Å². The molecule has 0 fully saturated rings. The van der Waals surface area contributed by atoms with Crippen molar-refractivity contribution >= 4 is 34.8 Å². The molecule has 0 aromatic carbocycles. The number of anilines is 2. The number of hydrogen-bond donors (Lipinski definition) is 2. The minimum atomic E-state index is 0.165. The third-order valence-corrected chi connectivity index (χ3v) is 3.03. The Morgan fingerprint density at radius 1 is 1.17 bits per heavy atom. The van der Waals surface area contributed by atoms with Gasteiger partial charge >= 0.3 is 0 Å². The fourth-order valence-electron chi connectivity index (χ4n) is 1.33. The van der Waals surface area contributed by atoms with Crippen LogP contribution in [0, 0.1) is 6.92 Å². The van der Waals surface area contributed by atoms with Gasteiger partial charge in [0.15, 0.2) is 0 Å². The Bertz CT molecular complexity index is 529. The molecule has 0 aliphatic heterocycles. The highest BCUT2D eigenvalue weighted by Gasteiger charge is 2.05. The van der Waals surface area contributed by atoms with Crippen molar-refractivity contribution in [1.29, 1.82) is 0 Å². The van der Waals surface area contributed by atoms with E-state index in [1.807, 2.05) is 19.2 Å². The molecule has 2 aromatic heterocycles. The first kappa shape index (κ1) is 13.0. The maximum Gasteiger partial charge on any atom is 0.229 e. The molecule has 2 N–H and O–H groups in total. The fourth-order valence-corrected chi connectivity index (χ4v) is 2.10. The van der Waals surface area contributed by atoms with Crippen molar-refractivity contribution in [3.8, 4) is 0 Å². The van der Waals surface area contributed by atoms with Crippen LogP contribution in [0.1, 0.15) is 17.6 Å². The molecule has 0 saturated heterocycles. The molecule has 18 heavy (non-hydrogen) atoms. The molecule has 0 spiro atoms. The number of aromatic nitrogens is 4. The third-order valence-electron chi connectivity index (χ3n) is 2.04. The van der Waals surface area contributed by atoms with E-state index in [-0.39, 0.29) is 5.28 Å². The maximum absolute atomic E-state index is 5.82. The van der Waals surface area contributed by atoms with Gasteiger partial charge in [-0.15, -0.1) is 11.3 Å². The van der Waals surface area contributed by atoms with Gasteiger partial charge in [-0.3, -0.25) is 0 Å². The lowest BCUT2D eigenvalue weighted by atomic mass is 10.5. The van der Waals surface area contributed by atoms with Crippen molar-refractivity contribution in [3.63, 3.8) is 0 Å². The van der Waals surface area contributed by atoms with Gasteiger partial charge in [0, 0.05) is 11.9 Å². The number of aryl methyl sites for hydroxylation is 1. The van der Waals surface area contributed by atoms with E-state index in [1.54, 1.807) is 11.3 Å². The van der Waals surface area contributed by atoms with Gasteiger partial charge in [-0.1, -0.05) is 0 Å². The van der Waals surface area contributed by atoms with E-state index < -0.39 is 0 Å². The molecule has 2 rings (SSSR count). The summed E-state index contributed by atoms with van der Waals surface area (Å²) in [4.78, 5) is 16.5. The largest absolute Gasteiger partial charge is 0.354 e. The van der Waals surface area contributed by atoms with Crippen LogP contribution < -0.4 is 10.6 Å². The van der Waals surface area contributed by atoms with Crippen LogP contribution in [0.4, 0.5) is 11.9 Å². The highest BCUT2D eigenvalue weighted by Crippen LogP contribution is 2.12. The SMILES string of the molecule is CCNc1nc(Cl)nc(NCc2csc(C)n2)n1. The van der Waals surface area contributed by atoms with Gasteiger partial charge in [0.2, 0.25) is 17.2 Å². The zero-order chi connectivity index (χ0) is 13.0. The normalized spacial score (nSPS) is 10.4. The lowest BCUT2D eigenvalue weighted by Crippen LogP contribution is -2.09. The molecule has 2 heterocycles. The summed E-state index contributed by atoms with van der Waals surface area (Å²) in [5, 5.41) is 9.26. The number of hydrogen-bond acceptors (Lipinski definition) is 7. The summed E-state index contributed by atoms with van der Waals surface area (Å²) in [5.41, 5.74) is 0.957. The molecule has 0 radical (unpaired) electrons. The van der Waals surface area contributed by atoms with Crippen LogP contribution in [0.25, 0.3) is 0 Å². The van der Waals surface area contributed by atoms with E-state index in [2.05, 4.69) is 30.6 Å². The number of nitrogens with zero attached hydrogens (tertiary/aromatic N) is 4. The maximum atomic E-state index is 5.82. The first-order valence-corrected chi connectivity index (χ1v) is 6.73. The van der Waals surface area contributed by atoms with Crippen LogP contribution in [0.3, 0.4) is 0 Å². The van der Waals surface area contributed by atoms with Crippen LogP contribution in [0.5, 0.6) is 0 Å². The monoisotopic (exact) mass is 284 g/mol. The van der Waals surface area contributed by atoms with Crippen LogP contribution >= 0.6 is 22.9 Å². The van der Waals surface area contributed by atoms with Gasteiger partial charge in [0.25, 0.3) is 0 Å². The van der Waals surface area contributed by atoms with E-state index in [0.29, 0.717) is 18.4 Å². The van der Waals surface area contributed by atoms with Crippen molar-refractivity contribution in [2.45, 2.75) is 20.4 Å². The summed E-state index contributed by atoms with van der Waals surface area (Å²) in [6.45, 7) is 5.22. The molecule has 0 atom stereocenters. The molecule has 0 saturated carbocycles. The summed E-state index contributed by atoms with van der Waals surface area (Å²) in [6.07, 6.45) is 0. The van der Waals surface area contributed by atoms with Crippen molar-refractivity contribution < 1.29 is 0 Å². The summed E-state index contributed by atoms with van der Waals surface area (Å²) in [5.74, 6) is 0.908. The van der Waals surface area contributed by atoms with Crippen molar-refractivity contribution in [3.05, 3.63) is 21.4 Å². The standard InChI is InChI=1S/C10H13ClN6S/c1-3-12-9-15-8(11)16-10(17-9)13-4-7-5-18-6(2)14-7/h5H,3-4H2,1-2H3,(H2,12,13,15,16,17). The Morgan fingerprint density at radius 2 is 1.89 bits per heavy atom. The smallest absolute Gasteiger partial charge is 0.229 e. The second-order valence-corrected chi connectivity index (χ2v) is 4.89. The zero-order valence-corrected chi connectivity index (χ0v) is 11.6. The molecular formula is C10H13ClN6S. The van der Waals surface area contributed by atoms with E-state index in [0.717, 1.165) is 17.2 Å². The van der Waals surface area contributed by atoms with Gasteiger partial charge in [0.1, 0.15) is 0 Å². The minimum Gasteiger partial charge on any atom is -0.354 e. The second kappa shape index (κ2) is 5.92. The first-order chi connectivity index (χ1) is 8.67. The third kappa shape index (κ3) is 3.51. The minimum absolute atomic E-state index is 0.165. The predicted octanol–water partition coefficient (Wildman–Crippen LogP) is 2.33. The van der Waals surface area contributed by atoms with Crippen molar-refractivity contribution in [2.24, 2.45) is 0 Å². The topological polar surface area (TPSA) is 75.6 Å². The van der Waals surface area contributed by atoms with Gasteiger partial charge in [-0.2, -0.15) is 15.0 Å². The average Bonchev–Trinajstić information content (AvgIpc) is 2.72. The molecule has 0 aliphatic rings. The van der Waals surface area contributed by atoms with E-state index in [9.17, 15) is 0 Å². The summed E-state index contributed by atoms with van der Waals surface area (Å²) < 4.78 is 0. The molecular weight excluding hydrogens is 272 g/mol. The van der Waals surface area contributed by atoms with E-state index >= 15 is 0 Å². The van der Waals surface area contributed by atoms with Crippen molar-refractivity contribution in [1.82, 2.24) is 19.9 Å². The van der Waals surface area contributed by atoms with Gasteiger partial charge < -0.3 is 10.6 Å². The molecule has 6 nitrogen and oxygen atoms in total. The van der Waals surface area contributed by atoms with E-state index in [4.69, 9.17) is 11.6 Å². The fraction of sp³-hybridized carbons (Fsp3) is 0.400. The number of halogens is 1. The number of thiazole rings is 1. The summed E-state index contributed by atoms with van der Waals surface area (Å²) >= 11 is 7.43. The Balaban J connectivity index is 2.04. The van der Waals surface area contributed by atoms with Crippen LogP contribution in [-0.2, 0) is 6.54 Å². The molecule has 0 bridgehead atoms. The molecule has 0 aliphatic carbocycles. The molecule has 8 heteroatoms. The quantitative estimate of drug-likeness (QED) is 0.878. The molecule has 96 valence electrons. The first-order valence-electron chi connectivity index (χ1n) is 5.47. The van der Waals surface area contributed by atoms with Crippen LogP contribution in [-0.4, -0.2) is 26.5 Å². The lowest BCUT2D eigenvalue weighted by molar-refractivity contribution is 0.970. The number of nitrogens with one attached hydrogen (secondary N) is 2. The Kier molecular flexibility index (Phi) is 4.27. The highest BCUT2D eigenvalue weighted by molar-refractivity contribution is 7.09. The molecule has 2 aromatic rings. The van der Waals surface area contributed by atoms with Crippen LogP contribution in [0.2, 0.25) is 5.28 Å². The average molecular weight is 285 g/mol.